The molecule has 4 rings (SSSR count). The van der Waals surface area contributed by atoms with Crippen molar-refractivity contribution in [3.63, 3.8) is 0 Å². The molecule has 0 aliphatic heterocycles. The van der Waals surface area contributed by atoms with Gasteiger partial charge in [0.25, 0.3) is 0 Å². The molecule has 0 aromatic heterocycles. The molecule has 4 aliphatic carbocycles. The quantitative estimate of drug-likeness (QED) is 0.847. The Morgan fingerprint density at radius 1 is 1.21 bits per heavy atom. The standard InChI is InChI=1S/C16H28N2O/c1-3-18(15(19)11(2)17)10-16-7-12-4-13(8-16)6-14(5-12)9-16/h11-14H,3-10,17H2,1-2H3. The third-order valence-electron chi connectivity index (χ3n) is 5.77. The summed E-state index contributed by atoms with van der Waals surface area (Å²) >= 11 is 0. The first kappa shape index (κ1) is 13.4. The van der Waals surface area contributed by atoms with Crippen molar-refractivity contribution < 1.29 is 4.79 Å². The van der Waals surface area contributed by atoms with E-state index in [9.17, 15) is 4.79 Å². The molecule has 4 aliphatic rings. The normalized spacial score (nSPS) is 41.3. The van der Waals surface area contributed by atoms with Gasteiger partial charge < -0.3 is 10.6 Å². The molecule has 0 radical (unpaired) electrons. The van der Waals surface area contributed by atoms with Crippen molar-refractivity contribution in [2.45, 2.75) is 58.4 Å². The van der Waals surface area contributed by atoms with Gasteiger partial charge in [0.2, 0.25) is 5.91 Å². The largest absolute Gasteiger partial charge is 0.341 e. The molecule has 4 fully saturated rings. The van der Waals surface area contributed by atoms with Gasteiger partial charge in [-0.25, -0.2) is 0 Å². The summed E-state index contributed by atoms with van der Waals surface area (Å²) in [5.41, 5.74) is 6.23. The van der Waals surface area contributed by atoms with Gasteiger partial charge in [-0.3, -0.25) is 4.79 Å². The summed E-state index contributed by atoms with van der Waals surface area (Å²) in [6, 6.07) is -0.353. The first-order valence-corrected chi connectivity index (χ1v) is 8.06. The predicted molar refractivity (Wildman–Crippen MR) is 76.5 cm³/mol. The summed E-state index contributed by atoms with van der Waals surface area (Å²) in [5, 5.41) is 0. The Balaban J connectivity index is 1.73. The van der Waals surface area contributed by atoms with Crippen LogP contribution in [0.5, 0.6) is 0 Å². The van der Waals surface area contributed by atoms with Gasteiger partial charge in [-0.05, 0) is 75.5 Å². The van der Waals surface area contributed by atoms with E-state index in [1.54, 1.807) is 0 Å². The fourth-order valence-corrected chi connectivity index (χ4v) is 5.52. The monoisotopic (exact) mass is 264 g/mol. The van der Waals surface area contributed by atoms with Crippen LogP contribution in [0.2, 0.25) is 0 Å². The number of likely N-dealkylation sites (N-methyl/N-ethyl adjacent to an activating group) is 1. The van der Waals surface area contributed by atoms with Gasteiger partial charge in [-0.15, -0.1) is 0 Å². The number of rotatable bonds is 4. The minimum atomic E-state index is -0.353. The van der Waals surface area contributed by atoms with Crippen molar-refractivity contribution in [1.82, 2.24) is 4.90 Å². The zero-order chi connectivity index (χ0) is 13.6. The maximum Gasteiger partial charge on any atom is 0.239 e. The molecular formula is C16H28N2O. The third-order valence-corrected chi connectivity index (χ3v) is 5.77. The third kappa shape index (κ3) is 2.42. The second-order valence-corrected chi connectivity index (χ2v) is 7.56. The average Bonchev–Trinajstić information content (AvgIpc) is 2.33. The lowest BCUT2D eigenvalue weighted by molar-refractivity contribution is -0.137. The molecule has 1 amide bonds. The van der Waals surface area contributed by atoms with Crippen LogP contribution in [0.4, 0.5) is 0 Å². The van der Waals surface area contributed by atoms with Crippen LogP contribution in [-0.2, 0) is 4.79 Å². The minimum Gasteiger partial charge on any atom is -0.341 e. The van der Waals surface area contributed by atoms with Gasteiger partial charge in [0.05, 0.1) is 6.04 Å². The van der Waals surface area contributed by atoms with Crippen molar-refractivity contribution in [1.29, 1.82) is 0 Å². The van der Waals surface area contributed by atoms with Gasteiger partial charge in [-0.1, -0.05) is 0 Å². The molecule has 0 spiro atoms. The molecule has 0 aromatic rings. The lowest BCUT2D eigenvalue weighted by Gasteiger charge is -2.57. The van der Waals surface area contributed by atoms with Gasteiger partial charge >= 0.3 is 0 Å². The molecule has 19 heavy (non-hydrogen) atoms. The highest BCUT2D eigenvalue weighted by Gasteiger charge is 2.51. The van der Waals surface area contributed by atoms with Crippen LogP contribution >= 0.6 is 0 Å². The molecule has 4 bridgehead atoms. The topological polar surface area (TPSA) is 46.3 Å². The summed E-state index contributed by atoms with van der Waals surface area (Å²) in [4.78, 5) is 14.2. The lowest BCUT2D eigenvalue weighted by atomic mass is 9.49. The molecule has 3 heteroatoms. The molecule has 4 saturated carbocycles. The van der Waals surface area contributed by atoms with E-state index in [4.69, 9.17) is 5.73 Å². The van der Waals surface area contributed by atoms with Crippen molar-refractivity contribution in [2.75, 3.05) is 13.1 Å². The second kappa shape index (κ2) is 4.76. The molecule has 0 heterocycles. The average molecular weight is 264 g/mol. The van der Waals surface area contributed by atoms with Crippen molar-refractivity contribution in [3.8, 4) is 0 Å². The first-order valence-electron chi connectivity index (χ1n) is 8.06. The summed E-state index contributed by atoms with van der Waals surface area (Å²) in [6.07, 6.45) is 8.48. The number of carbonyl (C=O) groups is 1. The van der Waals surface area contributed by atoms with Crippen molar-refractivity contribution in [3.05, 3.63) is 0 Å². The number of nitrogens with zero attached hydrogens (tertiary/aromatic N) is 1. The van der Waals surface area contributed by atoms with Crippen molar-refractivity contribution in [2.24, 2.45) is 28.9 Å². The second-order valence-electron chi connectivity index (χ2n) is 7.56. The Hall–Kier alpha value is -0.570. The number of nitrogens with two attached hydrogens (primary N) is 1. The molecular weight excluding hydrogens is 236 g/mol. The molecule has 1 atom stereocenters. The van der Waals surface area contributed by atoms with Crippen LogP contribution in [0.3, 0.4) is 0 Å². The van der Waals surface area contributed by atoms with Crippen LogP contribution < -0.4 is 5.73 Å². The summed E-state index contributed by atoms with van der Waals surface area (Å²) in [6.45, 7) is 5.67. The zero-order valence-corrected chi connectivity index (χ0v) is 12.4. The predicted octanol–water partition coefficient (Wildman–Crippen LogP) is 2.40. The maximum absolute atomic E-state index is 12.2. The first-order chi connectivity index (χ1) is 9.01. The van der Waals surface area contributed by atoms with Crippen LogP contribution in [0.25, 0.3) is 0 Å². The molecule has 0 aromatic carbocycles. The maximum atomic E-state index is 12.2. The molecule has 0 saturated heterocycles. The van der Waals surface area contributed by atoms with Crippen LogP contribution in [-0.4, -0.2) is 29.9 Å². The van der Waals surface area contributed by atoms with E-state index in [2.05, 4.69) is 6.92 Å². The number of hydrogen-bond donors (Lipinski definition) is 1. The Bertz CT molecular complexity index is 328. The van der Waals surface area contributed by atoms with E-state index in [1.165, 1.54) is 38.5 Å². The Morgan fingerprint density at radius 3 is 2.05 bits per heavy atom. The van der Waals surface area contributed by atoms with Gasteiger partial charge in [0, 0.05) is 13.1 Å². The SMILES string of the molecule is CCN(CC12CC3CC(CC(C3)C1)C2)C(=O)C(C)N. The fourth-order valence-electron chi connectivity index (χ4n) is 5.52. The van der Waals surface area contributed by atoms with Gasteiger partial charge in [-0.2, -0.15) is 0 Å². The van der Waals surface area contributed by atoms with Crippen LogP contribution in [0.1, 0.15) is 52.4 Å². The van der Waals surface area contributed by atoms with Crippen LogP contribution in [0, 0.1) is 23.2 Å². The summed E-state index contributed by atoms with van der Waals surface area (Å²) in [7, 11) is 0. The lowest BCUT2D eigenvalue weighted by Crippen LogP contribution is -2.54. The van der Waals surface area contributed by atoms with E-state index < -0.39 is 0 Å². The van der Waals surface area contributed by atoms with E-state index in [0.29, 0.717) is 5.41 Å². The molecule has 3 nitrogen and oxygen atoms in total. The zero-order valence-electron chi connectivity index (χ0n) is 12.4. The molecule has 2 N–H and O–H groups in total. The van der Waals surface area contributed by atoms with E-state index in [-0.39, 0.29) is 11.9 Å². The molecule has 108 valence electrons. The smallest absolute Gasteiger partial charge is 0.239 e. The fraction of sp³-hybridized carbons (Fsp3) is 0.938. The van der Waals surface area contributed by atoms with Gasteiger partial charge in [0.15, 0.2) is 0 Å². The molecule has 1 unspecified atom stereocenters. The highest BCUT2D eigenvalue weighted by atomic mass is 16.2. The van der Waals surface area contributed by atoms with E-state index in [1.807, 2.05) is 11.8 Å². The highest BCUT2D eigenvalue weighted by molar-refractivity contribution is 5.81. The van der Waals surface area contributed by atoms with E-state index >= 15 is 0 Å². The number of hydrogen-bond acceptors (Lipinski definition) is 2. The summed E-state index contributed by atoms with van der Waals surface area (Å²) in [5.74, 6) is 3.00. The minimum absolute atomic E-state index is 0.137. The van der Waals surface area contributed by atoms with Gasteiger partial charge in [0.1, 0.15) is 0 Å². The van der Waals surface area contributed by atoms with Crippen molar-refractivity contribution >= 4 is 5.91 Å². The summed E-state index contributed by atoms with van der Waals surface area (Å²) < 4.78 is 0. The highest BCUT2D eigenvalue weighted by Crippen LogP contribution is 2.60. The number of amides is 1. The Kier molecular flexibility index (Phi) is 3.36. The number of carbonyl (C=O) groups excluding carboxylic acids is 1. The Morgan fingerprint density at radius 2 is 1.68 bits per heavy atom. The van der Waals surface area contributed by atoms with E-state index in [0.717, 1.165) is 30.8 Å². The Labute approximate surface area is 116 Å². The van der Waals surface area contributed by atoms with Crippen LogP contribution in [0.15, 0.2) is 0 Å².